The number of nitriles is 1. The third-order valence-electron chi connectivity index (χ3n) is 2.60. The highest BCUT2D eigenvalue weighted by atomic mass is 16.5. The summed E-state index contributed by atoms with van der Waals surface area (Å²) in [6.07, 6.45) is 1.86. The normalized spacial score (nSPS) is 14.8. The zero-order valence-electron chi connectivity index (χ0n) is 9.84. The molecule has 0 N–H and O–H groups in total. The summed E-state index contributed by atoms with van der Waals surface area (Å²) in [5.41, 5.74) is 1.60. The Hall–Kier alpha value is -2.28. The van der Waals surface area contributed by atoms with E-state index < -0.39 is 0 Å². The first-order chi connectivity index (χ1) is 8.20. The molecule has 4 nitrogen and oxygen atoms in total. The Morgan fingerprint density at radius 2 is 2.18 bits per heavy atom. The Morgan fingerprint density at radius 1 is 1.41 bits per heavy atom. The van der Waals surface area contributed by atoms with Gasteiger partial charge in [0.15, 0.2) is 0 Å². The summed E-state index contributed by atoms with van der Waals surface area (Å²) < 4.78 is 5.62. The molecule has 0 radical (unpaired) electrons. The maximum atomic E-state index is 8.95. The van der Waals surface area contributed by atoms with Crippen molar-refractivity contribution in [3.8, 4) is 11.8 Å². The van der Waals surface area contributed by atoms with Crippen molar-refractivity contribution in [2.45, 2.75) is 6.92 Å². The van der Waals surface area contributed by atoms with Gasteiger partial charge in [0.05, 0.1) is 5.56 Å². The van der Waals surface area contributed by atoms with E-state index in [0.29, 0.717) is 23.9 Å². The van der Waals surface area contributed by atoms with Crippen LogP contribution in [0, 0.1) is 11.3 Å². The number of benzene rings is 1. The van der Waals surface area contributed by atoms with Gasteiger partial charge < -0.3 is 9.64 Å². The average molecular weight is 227 g/mol. The molecule has 0 spiro atoms. The lowest BCUT2D eigenvalue weighted by atomic mass is 10.2. The van der Waals surface area contributed by atoms with Gasteiger partial charge in [0.1, 0.15) is 18.5 Å². The first kappa shape index (κ1) is 11.2. The molecular weight excluding hydrogens is 214 g/mol. The van der Waals surface area contributed by atoms with Crippen LogP contribution in [0.5, 0.6) is 5.75 Å². The number of nitrogens with zero attached hydrogens (tertiary/aromatic N) is 3. The van der Waals surface area contributed by atoms with Crippen LogP contribution in [0.25, 0.3) is 0 Å². The lowest BCUT2D eigenvalue weighted by molar-refractivity contribution is 0.414. The van der Waals surface area contributed by atoms with Crippen LogP contribution in [0.4, 0.5) is 0 Å². The zero-order valence-corrected chi connectivity index (χ0v) is 9.84. The summed E-state index contributed by atoms with van der Waals surface area (Å²) >= 11 is 0. The third-order valence-corrected chi connectivity index (χ3v) is 2.60. The molecule has 0 saturated carbocycles. The van der Waals surface area contributed by atoms with Gasteiger partial charge in [0, 0.05) is 18.8 Å². The van der Waals surface area contributed by atoms with Crippen molar-refractivity contribution in [1.29, 1.82) is 5.26 Å². The van der Waals surface area contributed by atoms with Crippen LogP contribution in [0.15, 0.2) is 41.0 Å². The molecule has 0 saturated heterocycles. The molecule has 0 fully saturated rings. The number of hydrogen-bond acceptors (Lipinski definition) is 4. The highest BCUT2D eigenvalue weighted by molar-refractivity contribution is 5.90. The molecule has 1 aromatic rings. The summed E-state index contributed by atoms with van der Waals surface area (Å²) in [5, 5.41) is 8.95. The summed E-state index contributed by atoms with van der Waals surface area (Å²) in [6.45, 7) is 2.57. The largest absolute Gasteiger partial charge is 0.438 e. The topological polar surface area (TPSA) is 48.6 Å². The third kappa shape index (κ3) is 2.45. The van der Waals surface area contributed by atoms with Crippen LogP contribution in [0.3, 0.4) is 0 Å². The molecule has 0 aromatic heterocycles. The zero-order chi connectivity index (χ0) is 12.3. The number of rotatable bonds is 1. The fourth-order valence-electron chi connectivity index (χ4n) is 1.44. The summed E-state index contributed by atoms with van der Waals surface area (Å²) in [6, 6.07) is 9.23. The molecule has 0 aliphatic carbocycles. The van der Waals surface area contributed by atoms with Crippen molar-refractivity contribution < 1.29 is 4.74 Å². The van der Waals surface area contributed by atoms with Crippen molar-refractivity contribution in [2.75, 3.05) is 13.7 Å². The molecule has 0 atom stereocenters. The molecule has 86 valence electrons. The Balaban J connectivity index is 2.21. The van der Waals surface area contributed by atoms with Crippen LogP contribution in [0.2, 0.25) is 0 Å². The molecule has 1 aliphatic rings. The lowest BCUT2D eigenvalue weighted by Crippen LogP contribution is -2.24. The Bertz CT molecular complexity index is 526. The lowest BCUT2D eigenvalue weighted by Gasteiger charge is -2.22. The van der Waals surface area contributed by atoms with Gasteiger partial charge >= 0.3 is 0 Å². The Labute approximate surface area is 100 Å². The molecule has 2 rings (SSSR count). The van der Waals surface area contributed by atoms with Crippen molar-refractivity contribution in [2.24, 2.45) is 4.99 Å². The van der Waals surface area contributed by atoms with E-state index in [4.69, 9.17) is 10.00 Å². The number of hydrogen-bond donors (Lipinski definition) is 0. The van der Waals surface area contributed by atoms with E-state index in [9.17, 15) is 0 Å². The quantitative estimate of drug-likeness (QED) is 0.738. The van der Waals surface area contributed by atoms with Gasteiger partial charge in [0.25, 0.3) is 0 Å². The van der Waals surface area contributed by atoms with Crippen molar-refractivity contribution in [3.63, 3.8) is 0 Å². The highest BCUT2D eigenvalue weighted by Crippen LogP contribution is 2.18. The highest BCUT2D eigenvalue weighted by Gasteiger charge is 2.11. The molecule has 0 amide bonds. The summed E-state index contributed by atoms with van der Waals surface area (Å²) in [7, 11) is 1.97. The van der Waals surface area contributed by atoms with E-state index in [1.807, 2.05) is 37.1 Å². The van der Waals surface area contributed by atoms with Crippen LogP contribution >= 0.6 is 0 Å². The van der Waals surface area contributed by atoms with Gasteiger partial charge in [-0.3, -0.25) is 0 Å². The number of para-hydroxylation sites is 1. The van der Waals surface area contributed by atoms with Crippen molar-refractivity contribution in [1.82, 2.24) is 4.90 Å². The SMILES string of the molecule is CC1=CC(Oc2ccccc2C#N)=NCN1C. The van der Waals surface area contributed by atoms with Crippen LogP contribution < -0.4 is 4.74 Å². The van der Waals surface area contributed by atoms with Crippen LogP contribution in [-0.2, 0) is 0 Å². The molecular formula is C13H13N3O. The van der Waals surface area contributed by atoms with Crippen molar-refractivity contribution >= 4 is 5.90 Å². The van der Waals surface area contributed by atoms with E-state index in [0.717, 1.165) is 5.70 Å². The van der Waals surface area contributed by atoms with E-state index in [1.54, 1.807) is 12.1 Å². The molecule has 1 heterocycles. The maximum Gasteiger partial charge on any atom is 0.218 e. The van der Waals surface area contributed by atoms with E-state index in [-0.39, 0.29) is 0 Å². The molecule has 0 bridgehead atoms. The van der Waals surface area contributed by atoms with E-state index >= 15 is 0 Å². The molecule has 17 heavy (non-hydrogen) atoms. The number of allylic oxidation sites excluding steroid dienone is 1. The van der Waals surface area contributed by atoms with Gasteiger partial charge in [-0.15, -0.1) is 0 Å². The first-order valence-electron chi connectivity index (χ1n) is 5.31. The molecule has 4 heteroatoms. The fourth-order valence-corrected chi connectivity index (χ4v) is 1.44. The smallest absolute Gasteiger partial charge is 0.218 e. The number of ether oxygens (including phenoxy) is 1. The summed E-state index contributed by atoms with van der Waals surface area (Å²) in [5.74, 6) is 1.09. The Kier molecular flexibility index (Phi) is 3.10. The minimum Gasteiger partial charge on any atom is -0.438 e. The first-order valence-corrected chi connectivity index (χ1v) is 5.31. The second-order valence-electron chi connectivity index (χ2n) is 3.83. The average Bonchev–Trinajstić information content (AvgIpc) is 2.34. The van der Waals surface area contributed by atoms with Crippen molar-refractivity contribution in [3.05, 3.63) is 41.6 Å². The van der Waals surface area contributed by atoms with Gasteiger partial charge in [-0.2, -0.15) is 5.26 Å². The minimum absolute atomic E-state index is 0.514. The number of aliphatic imine (C=N–C) groups is 1. The van der Waals surface area contributed by atoms with Gasteiger partial charge in [-0.05, 0) is 19.1 Å². The van der Waals surface area contributed by atoms with Gasteiger partial charge in [0.2, 0.25) is 5.90 Å². The van der Waals surface area contributed by atoms with Gasteiger partial charge in [-0.25, -0.2) is 4.99 Å². The Morgan fingerprint density at radius 3 is 2.88 bits per heavy atom. The van der Waals surface area contributed by atoms with Gasteiger partial charge in [-0.1, -0.05) is 12.1 Å². The summed E-state index contributed by atoms with van der Waals surface area (Å²) in [4.78, 5) is 6.28. The van der Waals surface area contributed by atoms with E-state index in [2.05, 4.69) is 11.1 Å². The van der Waals surface area contributed by atoms with Crippen LogP contribution in [0.1, 0.15) is 12.5 Å². The monoisotopic (exact) mass is 227 g/mol. The molecule has 1 aromatic carbocycles. The minimum atomic E-state index is 0.514. The molecule has 0 unspecified atom stereocenters. The second kappa shape index (κ2) is 4.71. The predicted molar refractivity (Wildman–Crippen MR) is 65.6 cm³/mol. The van der Waals surface area contributed by atoms with Crippen LogP contribution in [-0.4, -0.2) is 24.5 Å². The van der Waals surface area contributed by atoms with E-state index in [1.165, 1.54) is 0 Å². The maximum absolute atomic E-state index is 8.95. The fraction of sp³-hybridized carbons (Fsp3) is 0.231. The second-order valence-corrected chi connectivity index (χ2v) is 3.83. The predicted octanol–water partition coefficient (Wildman–Crippen LogP) is 2.14. The molecule has 1 aliphatic heterocycles. The standard InChI is InChI=1S/C13H13N3O/c1-10-7-13(15-9-16(10)2)17-12-6-4-3-5-11(12)8-14/h3-7H,9H2,1-2H3.